The van der Waals surface area contributed by atoms with Gasteiger partial charge in [-0.05, 0) is 13.3 Å². The average Bonchev–Trinajstić information content (AvgIpc) is 2.00. The largest absolute Gasteiger partial charge is 0.383 e. The number of unbranched alkanes of at least 4 members (excludes halogenated alkanes) is 1. The zero-order valence-electron chi connectivity index (χ0n) is 8.54. The van der Waals surface area contributed by atoms with Crippen LogP contribution in [0.15, 0.2) is 0 Å². The second-order valence-corrected chi connectivity index (χ2v) is 5.02. The average molecular weight is 209 g/mol. The van der Waals surface area contributed by atoms with E-state index in [1.807, 2.05) is 6.92 Å². The summed E-state index contributed by atoms with van der Waals surface area (Å²) >= 11 is 0. The maximum Gasteiger partial charge on any atom is 0.211 e. The monoisotopic (exact) mass is 209 g/mol. The van der Waals surface area contributed by atoms with Gasteiger partial charge in [0.25, 0.3) is 0 Å². The summed E-state index contributed by atoms with van der Waals surface area (Å²) < 4.78 is 30.0. The molecule has 4 nitrogen and oxygen atoms in total. The lowest BCUT2D eigenvalue weighted by Gasteiger charge is -2.12. The Bertz CT molecular complexity index is 213. The van der Waals surface area contributed by atoms with Gasteiger partial charge in [-0.2, -0.15) is 0 Å². The highest BCUT2D eigenvalue weighted by Gasteiger charge is 2.12. The Morgan fingerprint density at radius 2 is 2.08 bits per heavy atom. The Morgan fingerprint density at radius 3 is 2.54 bits per heavy atom. The van der Waals surface area contributed by atoms with Crippen LogP contribution in [-0.4, -0.2) is 33.9 Å². The van der Waals surface area contributed by atoms with Crippen LogP contribution in [0.3, 0.4) is 0 Å². The predicted molar refractivity (Wildman–Crippen MR) is 53.2 cm³/mol. The molecule has 0 saturated carbocycles. The van der Waals surface area contributed by atoms with E-state index in [4.69, 9.17) is 4.74 Å². The van der Waals surface area contributed by atoms with Gasteiger partial charge in [-0.1, -0.05) is 13.3 Å². The Balaban J connectivity index is 3.87. The van der Waals surface area contributed by atoms with Crippen molar-refractivity contribution in [2.75, 3.05) is 19.5 Å². The highest BCUT2D eigenvalue weighted by Crippen LogP contribution is 1.95. The van der Waals surface area contributed by atoms with E-state index in [2.05, 4.69) is 4.72 Å². The highest BCUT2D eigenvalue weighted by molar-refractivity contribution is 7.89. The lowest BCUT2D eigenvalue weighted by atomic mass is 10.4. The van der Waals surface area contributed by atoms with Crippen LogP contribution in [-0.2, 0) is 14.8 Å². The van der Waals surface area contributed by atoms with E-state index in [1.54, 1.807) is 14.0 Å². The van der Waals surface area contributed by atoms with Gasteiger partial charge in [-0.25, -0.2) is 13.1 Å². The van der Waals surface area contributed by atoms with Crippen molar-refractivity contribution >= 4 is 10.0 Å². The van der Waals surface area contributed by atoms with Gasteiger partial charge in [-0.3, -0.25) is 0 Å². The normalized spacial score (nSPS) is 14.4. The van der Waals surface area contributed by atoms with Crippen molar-refractivity contribution < 1.29 is 13.2 Å². The van der Waals surface area contributed by atoms with Crippen molar-refractivity contribution in [2.45, 2.75) is 32.7 Å². The van der Waals surface area contributed by atoms with Gasteiger partial charge in [-0.15, -0.1) is 0 Å². The van der Waals surface area contributed by atoms with E-state index in [9.17, 15) is 8.42 Å². The lowest BCUT2D eigenvalue weighted by molar-refractivity contribution is 0.180. The van der Waals surface area contributed by atoms with Crippen LogP contribution >= 0.6 is 0 Å². The maximum atomic E-state index is 11.3. The quantitative estimate of drug-likeness (QED) is 0.673. The van der Waals surface area contributed by atoms with Crippen LogP contribution in [0.4, 0.5) is 0 Å². The summed E-state index contributed by atoms with van der Waals surface area (Å²) in [7, 11) is -1.54. The minimum absolute atomic E-state index is 0.146. The lowest BCUT2D eigenvalue weighted by Crippen LogP contribution is -2.37. The van der Waals surface area contributed by atoms with Gasteiger partial charge in [0.2, 0.25) is 10.0 Å². The van der Waals surface area contributed by atoms with Crippen LogP contribution in [0.1, 0.15) is 26.7 Å². The fraction of sp³-hybridized carbons (Fsp3) is 1.00. The van der Waals surface area contributed by atoms with Crippen LogP contribution in [0, 0.1) is 0 Å². The van der Waals surface area contributed by atoms with E-state index >= 15 is 0 Å². The molecule has 0 rings (SSSR count). The summed E-state index contributed by atoms with van der Waals surface area (Å²) in [4.78, 5) is 0. The molecule has 0 aliphatic rings. The van der Waals surface area contributed by atoms with E-state index in [1.165, 1.54) is 0 Å². The van der Waals surface area contributed by atoms with E-state index in [0.717, 1.165) is 6.42 Å². The summed E-state index contributed by atoms with van der Waals surface area (Å²) in [6, 6.07) is -0.146. The molecule has 0 amide bonds. The van der Waals surface area contributed by atoms with Gasteiger partial charge in [0.15, 0.2) is 0 Å². The van der Waals surface area contributed by atoms with Crippen LogP contribution < -0.4 is 4.72 Å². The molecule has 0 saturated heterocycles. The molecule has 0 aromatic carbocycles. The molecule has 0 aliphatic carbocycles. The third kappa shape index (κ3) is 6.98. The van der Waals surface area contributed by atoms with Gasteiger partial charge >= 0.3 is 0 Å². The molecule has 0 spiro atoms. The molecule has 5 heteroatoms. The fourth-order valence-corrected chi connectivity index (χ4v) is 2.45. The van der Waals surface area contributed by atoms with Crippen molar-refractivity contribution in [1.82, 2.24) is 4.72 Å². The SMILES string of the molecule is CCCCS(=O)(=O)NC(C)COC. The minimum Gasteiger partial charge on any atom is -0.383 e. The van der Waals surface area contributed by atoms with Crippen molar-refractivity contribution in [3.63, 3.8) is 0 Å². The molecule has 1 unspecified atom stereocenters. The zero-order valence-corrected chi connectivity index (χ0v) is 9.36. The van der Waals surface area contributed by atoms with Crippen molar-refractivity contribution in [3.05, 3.63) is 0 Å². The standard InChI is InChI=1S/C8H19NO3S/c1-4-5-6-13(10,11)9-8(2)7-12-3/h8-9H,4-7H2,1-3H3. The molecule has 0 bridgehead atoms. The minimum atomic E-state index is -3.10. The second-order valence-electron chi connectivity index (χ2n) is 3.15. The summed E-state index contributed by atoms with van der Waals surface area (Å²) in [6.45, 7) is 4.16. The number of sulfonamides is 1. The smallest absolute Gasteiger partial charge is 0.211 e. The molecule has 0 aliphatic heterocycles. The molecular formula is C8H19NO3S. The maximum absolute atomic E-state index is 11.3. The van der Waals surface area contributed by atoms with E-state index in [-0.39, 0.29) is 11.8 Å². The number of rotatable bonds is 7. The number of hydrogen-bond acceptors (Lipinski definition) is 3. The third-order valence-corrected chi connectivity index (χ3v) is 3.15. The third-order valence-electron chi connectivity index (χ3n) is 1.56. The molecule has 1 N–H and O–H groups in total. The summed E-state index contributed by atoms with van der Waals surface area (Å²) in [6.07, 6.45) is 1.59. The molecule has 0 radical (unpaired) electrons. The summed E-state index contributed by atoms with van der Waals surface area (Å²) in [5, 5.41) is 0. The number of hydrogen-bond donors (Lipinski definition) is 1. The van der Waals surface area contributed by atoms with Crippen LogP contribution in [0.25, 0.3) is 0 Å². The van der Waals surface area contributed by atoms with Crippen molar-refractivity contribution in [1.29, 1.82) is 0 Å². The molecule has 1 atom stereocenters. The number of nitrogens with one attached hydrogen (secondary N) is 1. The Labute approximate surface area is 80.7 Å². The number of ether oxygens (including phenoxy) is 1. The Kier molecular flexibility index (Phi) is 6.28. The first-order chi connectivity index (χ1) is 6.02. The first kappa shape index (κ1) is 12.9. The Hall–Kier alpha value is -0.130. The first-order valence-electron chi connectivity index (χ1n) is 4.50. The van der Waals surface area contributed by atoms with E-state index in [0.29, 0.717) is 13.0 Å². The van der Waals surface area contributed by atoms with Gasteiger partial charge in [0.1, 0.15) is 0 Å². The van der Waals surface area contributed by atoms with E-state index < -0.39 is 10.0 Å². The summed E-state index contributed by atoms with van der Waals surface area (Å²) in [5.74, 6) is 0.206. The van der Waals surface area contributed by atoms with Gasteiger partial charge in [0.05, 0.1) is 12.4 Å². The molecule has 80 valence electrons. The number of methoxy groups -OCH3 is 1. The van der Waals surface area contributed by atoms with Crippen molar-refractivity contribution in [3.8, 4) is 0 Å². The molecular weight excluding hydrogens is 190 g/mol. The molecule has 0 aromatic rings. The topological polar surface area (TPSA) is 55.4 Å². The molecule has 0 aromatic heterocycles. The fourth-order valence-electron chi connectivity index (χ4n) is 0.984. The molecule has 0 heterocycles. The summed E-state index contributed by atoms with van der Waals surface area (Å²) in [5.41, 5.74) is 0. The zero-order chi connectivity index (χ0) is 10.3. The van der Waals surface area contributed by atoms with Crippen LogP contribution in [0.2, 0.25) is 0 Å². The molecule has 0 fully saturated rings. The van der Waals surface area contributed by atoms with Crippen LogP contribution in [0.5, 0.6) is 0 Å². The highest BCUT2D eigenvalue weighted by atomic mass is 32.2. The second kappa shape index (κ2) is 6.34. The van der Waals surface area contributed by atoms with Gasteiger partial charge < -0.3 is 4.74 Å². The predicted octanol–water partition coefficient (Wildman–Crippen LogP) is 0.741. The van der Waals surface area contributed by atoms with Crippen molar-refractivity contribution in [2.24, 2.45) is 0 Å². The Morgan fingerprint density at radius 1 is 1.46 bits per heavy atom. The van der Waals surface area contributed by atoms with Gasteiger partial charge in [0, 0.05) is 13.2 Å². The first-order valence-corrected chi connectivity index (χ1v) is 6.16. The molecule has 13 heavy (non-hydrogen) atoms.